The molecule has 0 aromatic rings. The minimum atomic E-state index is -0.957. The molecule has 0 aromatic carbocycles. The lowest BCUT2D eigenvalue weighted by Crippen LogP contribution is -2.38. The van der Waals surface area contributed by atoms with Crippen LogP contribution in [0.15, 0.2) is 0 Å². The zero-order chi connectivity index (χ0) is 6.69. The maximum atomic E-state index is 9.89. The Morgan fingerprint density at radius 2 is 2.44 bits per heavy atom. The maximum Gasteiger partial charge on any atom is 0.404 e. The van der Waals surface area contributed by atoms with Gasteiger partial charge in [-0.3, -0.25) is 0 Å². The average Bonchev–Trinajstić information content (AvgIpc) is 1.60. The first-order valence-electron chi connectivity index (χ1n) is 2.83. The topological polar surface area (TPSA) is 58.6 Å². The molecule has 1 aliphatic rings. The summed E-state index contributed by atoms with van der Waals surface area (Å²) < 4.78 is 4.83. The number of nitrogens with one attached hydrogen (secondary N) is 1. The van der Waals surface area contributed by atoms with Crippen molar-refractivity contribution in [3.8, 4) is 0 Å². The Hall–Kier alpha value is -0.770. The van der Waals surface area contributed by atoms with Crippen molar-refractivity contribution in [1.29, 1.82) is 0 Å². The highest BCUT2D eigenvalue weighted by Crippen LogP contribution is 2.07. The van der Waals surface area contributed by atoms with E-state index >= 15 is 0 Å². The molecule has 0 unspecified atom stereocenters. The van der Waals surface area contributed by atoms with Crippen LogP contribution in [-0.4, -0.2) is 31.0 Å². The van der Waals surface area contributed by atoms with Crippen molar-refractivity contribution in [1.82, 2.24) is 5.32 Å². The smallest absolute Gasteiger partial charge is 0.404 e. The van der Waals surface area contributed by atoms with Gasteiger partial charge in [-0.2, -0.15) is 0 Å². The number of amides is 1. The summed E-state index contributed by atoms with van der Waals surface area (Å²) in [6.07, 6.45) is -0.957. The molecule has 0 bridgehead atoms. The fourth-order valence-corrected chi connectivity index (χ4v) is 0.634. The first-order valence-corrected chi connectivity index (χ1v) is 2.83. The van der Waals surface area contributed by atoms with Crippen LogP contribution in [0, 0.1) is 5.92 Å². The normalized spacial score (nSPS) is 18.7. The van der Waals surface area contributed by atoms with Gasteiger partial charge in [0.25, 0.3) is 0 Å². The highest BCUT2D eigenvalue weighted by molar-refractivity contribution is 5.64. The van der Waals surface area contributed by atoms with Gasteiger partial charge in [-0.1, -0.05) is 0 Å². The molecule has 0 spiro atoms. The summed E-state index contributed by atoms with van der Waals surface area (Å²) in [5, 5.41) is 10.4. The first-order chi connectivity index (χ1) is 4.29. The molecule has 9 heavy (non-hydrogen) atoms. The number of rotatable bonds is 2. The first kappa shape index (κ1) is 6.35. The molecule has 1 heterocycles. The quantitative estimate of drug-likeness (QED) is 0.550. The van der Waals surface area contributed by atoms with Gasteiger partial charge in [-0.25, -0.2) is 4.79 Å². The van der Waals surface area contributed by atoms with Crippen LogP contribution in [0.4, 0.5) is 4.79 Å². The number of carbonyl (C=O) groups is 1. The fraction of sp³-hybridized carbons (Fsp3) is 0.800. The maximum absolute atomic E-state index is 9.89. The molecule has 0 saturated carbocycles. The van der Waals surface area contributed by atoms with E-state index in [1.54, 1.807) is 0 Å². The summed E-state index contributed by atoms with van der Waals surface area (Å²) >= 11 is 0. The van der Waals surface area contributed by atoms with E-state index < -0.39 is 6.09 Å². The summed E-state index contributed by atoms with van der Waals surface area (Å²) in [6, 6.07) is 0. The number of carboxylic acid groups (broad SMARTS) is 1. The predicted molar refractivity (Wildman–Crippen MR) is 30.3 cm³/mol. The van der Waals surface area contributed by atoms with Crippen LogP contribution in [-0.2, 0) is 4.74 Å². The van der Waals surface area contributed by atoms with Crippen LogP contribution < -0.4 is 5.32 Å². The van der Waals surface area contributed by atoms with Gasteiger partial charge < -0.3 is 15.2 Å². The monoisotopic (exact) mass is 131 g/mol. The second kappa shape index (κ2) is 2.68. The van der Waals surface area contributed by atoms with E-state index in [4.69, 9.17) is 9.84 Å². The van der Waals surface area contributed by atoms with E-state index in [0.717, 1.165) is 0 Å². The van der Waals surface area contributed by atoms with Crippen molar-refractivity contribution in [2.75, 3.05) is 19.8 Å². The SMILES string of the molecule is O=C(O)NCC1COC1. The highest BCUT2D eigenvalue weighted by Gasteiger charge is 2.18. The van der Waals surface area contributed by atoms with E-state index in [1.807, 2.05) is 0 Å². The van der Waals surface area contributed by atoms with E-state index in [-0.39, 0.29) is 0 Å². The van der Waals surface area contributed by atoms with Crippen molar-refractivity contribution in [3.63, 3.8) is 0 Å². The molecule has 0 atom stereocenters. The Balaban J connectivity index is 1.97. The van der Waals surface area contributed by atoms with Crippen LogP contribution in [0.2, 0.25) is 0 Å². The summed E-state index contributed by atoms with van der Waals surface area (Å²) in [5.41, 5.74) is 0. The van der Waals surface area contributed by atoms with Crippen molar-refractivity contribution in [3.05, 3.63) is 0 Å². The minimum absolute atomic E-state index is 0.404. The van der Waals surface area contributed by atoms with Crippen LogP contribution in [0.3, 0.4) is 0 Å². The van der Waals surface area contributed by atoms with Gasteiger partial charge in [0, 0.05) is 12.5 Å². The largest absolute Gasteiger partial charge is 0.465 e. The number of hydrogen-bond acceptors (Lipinski definition) is 2. The Labute approximate surface area is 52.8 Å². The van der Waals surface area contributed by atoms with E-state index in [0.29, 0.717) is 25.7 Å². The molecule has 1 saturated heterocycles. The molecule has 52 valence electrons. The van der Waals surface area contributed by atoms with Crippen molar-refractivity contribution in [2.24, 2.45) is 5.92 Å². The zero-order valence-electron chi connectivity index (χ0n) is 4.96. The second-order valence-electron chi connectivity index (χ2n) is 2.09. The van der Waals surface area contributed by atoms with Crippen LogP contribution in [0.25, 0.3) is 0 Å². The summed E-state index contributed by atoms with van der Waals surface area (Å²) in [6.45, 7) is 1.91. The van der Waals surface area contributed by atoms with Crippen molar-refractivity contribution in [2.45, 2.75) is 0 Å². The molecule has 4 nitrogen and oxygen atoms in total. The average molecular weight is 131 g/mol. The van der Waals surface area contributed by atoms with Gasteiger partial charge in [-0.05, 0) is 0 Å². The zero-order valence-corrected chi connectivity index (χ0v) is 4.96. The Morgan fingerprint density at radius 3 is 2.78 bits per heavy atom. The molecule has 1 rings (SSSR count). The van der Waals surface area contributed by atoms with Crippen molar-refractivity contribution >= 4 is 6.09 Å². The van der Waals surface area contributed by atoms with Gasteiger partial charge in [0.15, 0.2) is 0 Å². The molecule has 0 radical (unpaired) electrons. The Kier molecular flexibility index (Phi) is 1.89. The van der Waals surface area contributed by atoms with Gasteiger partial charge in [0.2, 0.25) is 0 Å². The van der Waals surface area contributed by atoms with Crippen molar-refractivity contribution < 1.29 is 14.6 Å². The molecule has 1 aliphatic heterocycles. The third kappa shape index (κ3) is 1.89. The molecular weight excluding hydrogens is 122 g/mol. The standard InChI is InChI=1S/C5H9NO3/c7-5(8)6-1-4-2-9-3-4/h4,6H,1-3H2,(H,7,8). The number of ether oxygens (including phenoxy) is 1. The molecule has 2 N–H and O–H groups in total. The summed E-state index contributed by atoms with van der Waals surface area (Å²) in [4.78, 5) is 9.89. The fourth-order valence-electron chi connectivity index (χ4n) is 0.634. The molecule has 1 amide bonds. The highest BCUT2D eigenvalue weighted by atomic mass is 16.5. The van der Waals surface area contributed by atoms with E-state index in [9.17, 15) is 4.79 Å². The lowest BCUT2D eigenvalue weighted by Gasteiger charge is -2.25. The third-order valence-electron chi connectivity index (χ3n) is 1.25. The van der Waals surface area contributed by atoms with E-state index in [1.165, 1.54) is 0 Å². The lowest BCUT2D eigenvalue weighted by molar-refractivity contribution is -0.0299. The molecule has 1 fully saturated rings. The van der Waals surface area contributed by atoms with Gasteiger partial charge in [0.05, 0.1) is 13.2 Å². The molecule has 0 aliphatic carbocycles. The van der Waals surface area contributed by atoms with Gasteiger partial charge in [-0.15, -0.1) is 0 Å². The van der Waals surface area contributed by atoms with Gasteiger partial charge >= 0.3 is 6.09 Å². The van der Waals surface area contributed by atoms with E-state index in [2.05, 4.69) is 5.32 Å². The summed E-state index contributed by atoms with van der Waals surface area (Å²) in [7, 11) is 0. The Morgan fingerprint density at radius 1 is 1.78 bits per heavy atom. The summed E-state index contributed by atoms with van der Waals surface area (Å²) in [5.74, 6) is 0.404. The van der Waals surface area contributed by atoms with Crippen LogP contribution in [0.5, 0.6) is 0 Å². The second-order valence-corrected chi connectivity index (χ2v) is 2.09. The molecular formula is C5H9NO3. The van der Waals surface area contributed by atoms with Crippen LogP contribution in [0.1, 0.15) is 0 Å². The minimum Gasteiger partial charge on any atom is -0.465 e. The third-order valence-corrected chi connectivity index (χ3v) is 1.25. The lowest BCUT2D eigenvalue weighted by atomic mass is 10.1. The molecule has 4 heteroatoms. The van der Waals surface area contributed by atoms with Gasteiger partial charge in [0.1, 0.15) is 0 Å². The number of hydrogen-bond donors (Lipinski definition) is 2. The van der Waals surface area contributed by atoms with Crippen LogP contribution >= 0.6 is 0 Å². The Bertz CT molecular complexity index is 111. The molecule has 0 aromatic heterocycles. The predicted octanol–water partition coefficient (Wildman–Crippen LogP) is -0.0996.